The quantitative estimate of drug-likeness (QED) is 0.323. The molecule has 0 atom stereocenters. The van der Waals surface area contributed by atoms with Gasteiger partial charge in [0.25, 0.3) is 0 Å². The summed E-state index contributed by atoms with van der Waals surface area (Å²) < 4.78 is 33.2. The number of hydrogen-bond donors (Lipinski definition) is 0. The molecule has 0 saturated heterocycles. The maximum atomic E-state index is 13.4. The van der Waals surface area contributed by atoms with Crippen LogP contribution in [0, 0.1) is 5.82 Å². The highest BCUT2D eigenvalue weighted by Crippen LogP contribution is 2.31. The molecule has 0 amide bonds. The molecule has 5 rings (SSSR count). The molecule has 0 spiro atoms. The molecule has 8 heteroatoms. The lowest BCUT2D eigenvalue weighted by Crippen LogP contribution is -2.18. The maximum Gasteiger partial charge on any atom is 0.355 e. The molecule has 2 aromatic carbocycles. The number of rotatable bonds is 6. The first-order valence-electron chi connectivity index (χ1n) is 10.6. The Balaban J connectivity index is 1.54. The number of halogens is 1. The summed E-state index contributed by atoms with van der Waals surface area (Å²) in [6, 6.07) is 14.6. The molecule has 1 aliphatic rings. The molecule has 0 N–H and O–H groups in total. The van der Waals surface area contributed by atoms with Gasteiger partial charge in [-0.2, -0.15) is 0 Å². The number of Topliss-reactive ketones (excluding diaryl/α,β-unsaturated/α-hetero) is 1. The van der Waals surface area contributed by atoms with Crippen molar-refractivity contribution < 1.29 is 28.2 Å². The second kappa shape index (κ2) is 8.46. The summed E-state index contributed by atoms with van der Waals surface area (Å²) >= 11 is 0. The minimum absolute atomic E-state index is 0.0648. The molecule has 168 valence electrons. The zero-order valence-electron chi connectivity index (χ0n) is 17.9. The number of esters is 1. The van der Waals surface area contributed by atoms with Gasteiger partial charge in [0.1, 0.15) is 24.7 Å². The van der Waals surface area contributed by atoms with Crippen molar-refractivity contribution >= 4 is 22.8 Å². The van der Waals surface area contributed by atoms with E-state index >= 15 is 0 Å². The predicted octanol–water partition coefficient (Wildman–Crippen LogP) is 4.40. The number of hydrogen-bond acceptors (Lipinski definition) is 5. The van der Waals surface area contributed by atoms with Crippen LogP contribution in [-0.2, 0) is 11.3 Å². The lowest BCUT2D eigenvalue weighted by molar-refractivity contribution is 0.0514. The minimum Gasteiger partial charge on any atom is -0.486 e. The number of ether oxygens (including phenoxy) is 3. The van der Waals surface area contributed by atoms with Crippen LogP contribution >= 0.6 is 0 Å². The minimum atomic E-state index is -0.519. The van der Waals surface area contributed by atoms with E-state index in [4.69, 9.17) is 14.2 Å². The van der Waals surface area contributed by atoms with Crippen LogP contribution in [0.15, 0.2) is 60.8 Å². The highest BCUT2D eigenvalue weighted by Gasteiger charge is 2.22. The molecule has 0 unspecified atom stereocenters. The van der Waals surface area contributed by atoms with E-state index in [1.165, 1.54) is 12.1 Å². The summed E-state index contributed by atoms with van der Waals surface area (Å²) in [6.07, 6.45) is 1.82. The number of ketones is 1. The SMILES string of the molecule is CCOC(=O)c1cc2c(ccn2-c2ccc(F)cc2)n1CC(=O)c1ccc2c(c1)OCCO2. The molecule has 0 radical (unpaired) electrons. The molecule has 33 heavy (non-hydrogen) atoms. The fraction of sp³-hybridized carbons (Fsp3) is 0.200. The fourth-order valence-corrected chi connectivity index (χ4v) is 3.97. The highest BCUT2D eigenvalue weighted by atomic mass is 19.1. The van der Waals surface area contributed by atoms with Gasteiger partial charge in [0, 0.05) is 17.4 Å². The third-order valence-corrected chi connectivity index (χ3v) is 5.51. The van der Waals surface area contributed by atoms with E-state index in [9.17, 15) is 14.0 Å². The van der Waals surface area contributed by atoms with Crippen molar-refractivity contribution in [2.45, 2.75) is 13.5 Å². The number of benzene rings is 2. The molecule has 3 heterocycles. The van der Waals surface area contributed by atoms with Crippen LogP contribution in [0.25, 0.3) is 16.7 Å². The van der Waals surface area contributed by atoms with E-state index in [2.05, 4.69) is 0 Å². The van der Waals surface area contributed by atoms with Crippen molar-refractivity contribution in [2.24, 2.45) is 0 Å². The second-order valence-corrected chi connectivity index (χ2v) is 7.55. The van der Waals surface area contributed by atoms with Crippen LogP contribution in [0.2, 0.25) is 0 Å². The maximum absolute atomic E-state index is 13.4. The Morgan fingerprint density at radius 1 is 0.970 bits per heavy atom. The summed E-state index contributed by atoms with van der Waals surface area (Å²) in [5.74, 6) is 0.0819. The third-order valence-electron chi connectivity index (χ3n) is 5.51. The van der Waals surface area contributed by atoms with Gasteiger partial charge in [0.15, 0.2) is 17.3 Å². The lowest BCUT2D eigenvalue weighted by atomic mass is 10.1. The Labute approximate surface area is 188 Å². The Bertz CT molecular complexity index is 1350. The summed E-state index contributed by atoms with van der Waals surface area (Å²) in [6.45, 7) is 2.76. The largest absolute Gasteiger partial charge is 0.486 e. The normalized spacial score (nSPS) is 12.7. The van der Waals surface area contributed by atoms with E-state index in [0.29, 0.717) is 41.3 Å². The van der Waals surface area contributed by atoms with E-state index in [1.54, 1.807) is 47.9 Å². The summed E-state index contributed by atoms with van der Waals surface area (Å²) in [5.41, 5.74) is 2.85. The average Bonchev–Trinajstić information content (AvgIpc) is 3.40. The van der Waals surface area contributed by atoms with Crippen molar-refractivity contribution in [1.82, 2.24) is 9.13 Å². The van der Waals surface area contributed by atoms with Gasteiger partial charge in [0.05, 0.1) is 24.2 Å². The number of carbonyl (C=O) groups is 2. The first-order chi connectivity index (χ1) is 16.0. The number of nitrogens with zero attached hydrogens (tertiary/aromatic N) is 2. The smallest absolute Gasteiger partial charge is 0.355 e. The molecular formula is C25H21FN2O5. The molecule has 0 bridgehead atoms. The van der Waals surface area contributed by atoms with E-state index in [1.807, 2.05) is 16.8 Å². The zero-order chi connectivity index (χ0) is 22.9. The van der Waals surface area contributed by atoms with Crippen molar-refractivity contribution in [3.05, 3.63) is 77.9 Å². The van der Waals surface area contributed by atoms with E-state index in [0.717, 1.165) is 5.69 Å². The van der Waals surface area contributed by atoms with Gasteiger partial charge in [-0.15, -0.1) is 0 Å². The topological polar surface area (TPSA) is 71.7 Å². The van der Waals surface area contributed by atoms with Gasteiger partial charge in [-0.25, -0.2) is 9.18 Å². The Morgan fingerprint density at radius 3 is 2.48 bits per heavy atom. The summed E-state index contributed by atoms with van der Waals surface area (Å²) in [7, 11) is 0. The lowest BCUT2D eigenvalue weighted by Gasteiger charge is -2.18. The predicted molar refractivity (Wildman–Crippen MR) is 119 cm³/mol. The standard InChI is InChI=1S/C25H21FN2O5/c1-2-31-25(30)21-14-20-19(9-10-27(20)18-6-4-17(26)5-7-18)28(21)15-22(29)16-3-8-23-24(13-16)33-12-11-32-23/h3-10,13-14H,2,11-12,15H2,1H3. The van der Waals surface area contributed by atoms with Gasteiger partial charge in [0.2, 0.25) is 0 Å². The van der Waals surface area contributed by atoms with Crippen LogP contribution in [-0.4, -0.2) is 40.7 Å². The monoisotopic (exact) mass is 448 g/mol. The van der Waals surface area contributed by atoms with Crippen molar-refractivity contribution in [3.8, 4) is 17.2 Å². The first-order valence-corrected chi connectivity index (χ1v) is 10.6. The van der Waals surface area contributed by atoms with Crippen molar-refractivity contribution in [2.75, 3.05) is 19.8 Å². The third kappa shape index (κ3) is 3.84. The van der Waals surface area contributed by atoms with E-state index in [-0.39, 0.29) is 30.4 Å². The van der Waals surface area contributed by atoms with Crippen LogP contribution < -0.4 is 9.47 Å². The van der Waals surface area contributed by atoms with E-state index < -0.39 is 5.97 Å². The first kappa shape index (κ1) is 20.8. The van der Waals surface area contributed by atoms with Gasteiger partial charge in [-0.05, 0) is 61.5 Å². The second-order valence-electron chi connectivity index (χ2n) is 7.55. The molecule has 4 aromatic rings. The molecule has 7 nitrogen and oxygen atoms in total. The summed E-state index contributed by atoms with van der Waals surface area (Å²) in [5, 5.41) is 0. The van der Waals surface area contributed by atoms with Crippen LogP contribution in [0.4, 0.5) is 4.39 Å². The van der Waals surface area contributed by atoms with Gasteiger partial charge < -0.3 is 23.3 Å². The molecular weight excluding hydrogens is 427 g/mol. The summed E-state index contributed by atoms with van der Waals surface area (Å²) in [4.78, 5) is 25.9. The Morgan fingerprint density at radius 2 is 1.73 bits per heavy atom. The van der Waals surface area contributed by atoms with Crippen LogP contribution in [0.3, 0.4) is 0 Å². The zero-order valence-corrected chi connectivity index (χ0v) is 17.9. The Kier molecular flexibility index (Phi) is 5.34. The van der Waals surface area contributed by atoms with Crippen molar-refractivity contribution in [1.29, 1.82) is 0 Å². The van der Waals surface area contributed by atoms with Gasteiger partial charge in [-0.3, -0.25) is 4.79 Å². The molecule has 2 aromatic heterocycles. The number of fused-ring (bicyclic) bond motifs is 2. The number of aromatic nitrogens is 2. The molecule has 0 saturated carbocycles. The fourth-order valence-electron chi connectivity index (χ4n) is 3.97. The van der Waals surface area contributed by atoms with Crippen LogP contribution in [0.1, 0.15) is 27.8 Å². The highest BCUT2D eigenvalue weighted by molar-refractivity contribution is 6.00. The molecule has 0 fully saturated rings. The Hall–Kier alpha value is -4.07. The van der Waals surface area contributed by atoms with Gasteiger partial charge in [-0.1, -0.05) is 0 Å². The average molecular weight is 448 g/mol. The van der Waals surface area contributed by atoms with Crippen molar-refractivity contribution in [3.63, 3.8) is 0 Å². The molecule has 1 aliphatic heterocycles. The van der Waals surface area contributed by atoms with Gasteiger partial charge >= 0.3 is 5.97 Å². The molecule has 0 aliphatic carbocycles. The van der Waals surface area contributed by atoms with Crippen LogP contribution in [0.5, 0.6) is 11.5 Å². The number of carbonyl (C=O) groups excluding carboxylic acids is 2.